The van der Waals surface area contributed by atoms with Gasteiger partial charge in [-0.2, -0.15) is 0 Å². The first-order chi connectivity index (χ1) is 16.9. The Labute approximate surface area is 208 Å². The molecular weight excluding hydrogens is 456 g/mol. The van der Waals surface area contributed by atoms with Crippen molar-refractivity contribution < 1.29 is 5.11 Å². The van der Waals surface area contributed by atoms with Crippen molar-refractivity contribution in [3.05, 3.63) is 135 Å². The van der Waals surface area contributed by atoms with E-state index in [4.69, 9.17) is 18.0 Å². The Morgan fingerprint density at radius 2 is 1.71 bits per heavy atom. The van der Waals surface area contributed by atoms with E-state index in [9.17, 15) is 9.90 Å². The Morgan fingerprint density at radius 3 is 2.43 bits per heavy atom. The number of aromatic nitrogens is 2. The van der Waals surface area contributed by atoms with Gasteiger partial charge in [-0.3, -0.25) is 9.78 Å². The van der Waals surface area contributed by atoms with Crippen molar-refractivity contribution in [3.63, 3.8) is 0 Å². The summed E-state index contributed by atoms with van der Waals surface area (Å²) >= 11 is 6.14. The molecule has 0 saturated carbocycles. The molecule has 1 atom stereocenters. The molecule has 0 fully saturated rings. The molecule has 170 valence electrons. The molecular formula is C30H21ClN2O2. The number of hydrogen-bond donors (Lipinski definition) is 1. The molecule has 0 aliphatic heterocycles. The average molecular weight is 477 g/mol. The Hall–Kier alpha value is -4.17. The van der Waals surface area contributed by atoms with Crippen LogP contribution in [-0.4, -0.2) is 14.7 Å². The lowest BCUT2D eigenvalue weighted by Gasteiger charge is -2.30. The van der Waals surface area contributed by atoms with Gasteiger partial charge in [0.05, 0.1) is 5.52 Å². The number of hydrogen-bond acceptors (Lipinski definition) is 3. The van der Waals surface area contributed by atoms with E-state index >= 15 is 0 Å². The number of aryl methyl sites for hydroxylation is 1. The Bertz CT molecular complexity index is 1650. The van der Waals surface area contributed by atoms with Crippen LogP contribution in [0.4, 0.5) is 0 Å². The standard InChI is InChI=1S/C30H21ClN2O2/c1-3-20-6-4-7-21(16-20)26-18-29(34)33(2)28-14-11-23(17-27(26)28)30(35,24-8-5-15-32-19-24)22-9-12-25(31)13-10-22/h1,4-19,35H,2H3/t30-/m1/s1. The van der Waals surface area contributed by atoms with Crippen molar-refractivity contribution in [2.24, 2.45) is 7.05 Å². The zero-order valence-corrected chi connectivity index (χ0v) is 19.7. The van der Waals surface area contributed by atoms with Crippen molar-refractivity contribution in [3.8, 4) is 23.5 Å². The maximum Gasteiger partial charge on any atom is 0.251 e. The molecule has 2 aromatic heterocycles. The van der Waals surface area contributed by atoms with Gasteiger partial charge in [0.15, 0.2) is 0 Å². The molecule has 3 aromatic carbocycles. The maximum atomic E-state index is 12.8. The molecule has 35 heavy (non-hydrogen) atoms. The summed E-state index contributed by atoms with van der Waals surface area (Å²) in [5.41, 5.74) is 3.30. The minimum absolute atomic E-state index is 0.133. The molecule has 0 unspecified atom stereocenters. The Kier molecular flexibility index (Phi) is 5.74. The van der Waals surface area contributed by atoms with Crippen LogP contribution in [0.25, 0.3) is 22.0 Å². The van der Waals surface area contributed by atoms with Gasteiger partial charge in [0.1, 0.15) is 5.60 Å². The van der Waals surface area contributed by atoms with Crippen molar-refractivity contribution in [2.45, 2.75) is 5.60 Å². The highest BCUT2D eigenvalue weighted by molar-refractivity contribution is 6.30. The summed E-state index contributed by atoms with van der Waals surface area (Å²) in [7, 11) is 1.73. The lowest BCUT2D eigenvalue weighted by molar-refractivity contribution is 0.125. The number of rotatable bonds is 4. The van der Waals surface area contributed by atoms with Crippen LogP contribution in [0.1, 0.15) is 22.3 Å². The van der Waals surface area contributed by atoms with E-state index in [0.717, 1.165) is 27.6 Å². The van der Waals surface area contributed by atoms with Crippen molar-refractivity contribution >= 4 is 22.5 Å². The minimum atomic E-state index is -1.50. The van der Waals surface area contributed by atoms with Gasteiger partial charge in [0.25, 0.3) is 5.56 Å². The fraction of sp³-hybridized carbons (Fsp3) is 0.0667. The van der Waals surface area contributed by atoms with Gasteiger partial charge in [-0.25, -0.2) is 0 Å². The van der Waals surface area contributed by atoms with Crippen LogP contribution in [0.3, 0.4) is 0 Å². The normalized spacial score (nSPS) is 12.7. The third-order valence-electron chi connectivity index (χ3n) is 6.35. The van der Waals surface area contributed by atoms with E-state index in [1.165, 1.54) is 0 Å². The fourth-order valence-corrected chi connectivity index (χ4v) is 4.60. The summed E-state index contributed by atoms with van der Waals surface area (Å²) < 4.78 is 1.60. The molecule has 0 saturated heterocycles. The molecule has 0 amide bonds. The Morgan fingerprint density at radius 1 is 0.943 bits per heavy atom. The quantitative estimate of drug-likeness (QED) is 0.347. The molecule has 0 radical (unpaired) electrons. The van der Waals surface area contributed by atoms with Gasteiger partial charge >= 0.3 is 0 Å². The van der Waals surface area contributed by atoms with Gasteiger partial charge in [-0.15, -0.1) is 6.42 Å². The van der Waals surface area contributed by atoms with E-state index in [1.54, 1.807) is 60.4 Å². The van der Waals surface area contributed by atoms with Crippen LogP contribution in [0.15, 0.2) is 102 Å². The number of fused-ring (bicyclic) bond motifs is 1. The van der Waals surface area contributed by atoms with E-state index in [1.807, 2.05) is 48.5 Å². The number of nitrogens with zero attached hydrogens (tertiary/aromatic N) is 2. The third-order valence-corrected chi connectivity index (χ3v) is 6.60. The lowest BCUT2D eigenvalue weighted by Crippen LogP contribution is -2.29. The number of halogens is 1. The van der Waals surface area contributed by atoms with Crippen LogP contribution in [0.5, 0.6) is 0 Å². The summed E-state index contributed by atoms with van der Waals surface area (Å²) in [6, 6.07) is 25.5. The van der Waals surface area contributed by atoms with Crippen LogP contribution in [-0.2, 0) is 12.6 Å². The summed E-state index contributed by atoms with van der Waals surface area (Å²) in [6.45, 7) is 0. The van der Waals surface area contributed by atoms with Gasteiger partial charge in [-0.05, 0) is 64.7 Å². The van der Waals surface area contributed by atoms with Crippen molar-refractivity contribution in [2.75, 3.05) is 0 Å². The zero-order chi connectivity index (χ0) is 24.6. The Balaban J connectivity index is 1.83. The predicted molar refractivity (Wildman–Crippen MR) is 140 cm³/mol. The monoisotopic (exact) mass is 476 g/mol. The number of aliphatic hydroxyl groups is 1. The predicted octanol–water partition coefficient (Wildman–Crippen LogP) is 5.52. The molecule has 5 heteroatoms. The smallest absolute Gasteiger partial charge is 0.251 e. The van der Waals surface area contributed by atoms with Gasteiger partial charge < -0.3 is 9.67 Å². The number of pyridine rings is 2. The average Bonchev–Trinajstić information content (AvgIpc) is 2.91. The first-order valence-corrected chi connectivity index (χ1v) is 11.4. The van der Waals surface area contributed by atoms with Crippen LogP contribution >= 0.6 is 11.6 Å². The molecule has 2 heterocycles. The summed E-state index contributed by atoms with van der Waals surface area (Å²) in [5.74, 6) is 2.65. The second-order valence-corrected chi connectivity index (χ2v) is 8.81. The largest absolute Gasteiger partial charge is 0.376 e. The highest BCUT2D eigenvalue weighted by Crippen LogP contribution is 2.39. The van der Waals surface area contributed by atoms with E-state index in [2.05, 4.69) is 10.9 Å². The van der Waals surface area contributed by atoms with Crippen molar-refractivity contribution in [1.29, 1.82) is 0 Å². The molecule has 0 aliphatic rings. The first kappa shape index (κ1) is 22.6. The van der Waals surface area contributed by atoms with Crippen LogP contribution in [0, 0.1) is 12.3 Å². The van der Waals surface area contributed by atoms with Gasteiger partial charge in [-0.1, -0.05) is 53.9 Å². The zero-order valence-electron chi connectivity index (χ0n) is 18.9. The molecule has 1 N–H and O–H groups in total. The topological polar surface area (TPSA) is 55.1 Å². The molecule has 0 spiro atoms. The minimum Gasteiger partial charge on any atom is -0.376 e. The van der Waals surface area contributed by atoms with Gasteiger partial charge in [0.2, 0.25) is 0 Å². The third kappa shape index (κ3) is 3.91. The van der Waals surface area contributed by atoms with Crippen LogP contribution < -0.4 is 5.56 Å². The second-order valence-electron chi connectivity index (χ2n) is 8.37. The highest BCUT2D eigenvalue weighted by atomic mass is 35.5. The maximum absolute atomic E-state index is 12.8. The van der Waals surface area contributed by atoms with Crippen molar-refractivity contribution in [1.82, 2.24) is 9.55 Å². The molecule has 4 nitrogen and oxygen atoms in total. The number of benzene rings is 3. The van der Waals surface area contributed by atoms with E-state index in [0.29, 0.717) is 21.7 Å². The summed E-state index contributed by atoms with van der Waals surface area (Å²) in [5, 5.41) is 13.7. The number of terminal acetylenes is 1. The van der Waals surface area contributed by atoms with E-state index in [-0.39, 0.29) is 5.56 Å². The van der Waals surface area contributed by atoms with E-state index < -0.39 is 5.60 Å². The van der Waals surface area contributed by atoms with Gasteiger partial charge in [0, 0.05) is 47.0 Å². The molecule has 5 aromatic rings. The lowest BCUT2D eigenvalue weighted by atomic mass is 9.80. The summed E-state index contributed by atoms with van der Waals surface area (Å²) in [6.07, 6.45) is 8.93. The summed E-state index contributed by atoms with van der Waals surface area (Å²) in [4.78, 5) is 17.0. The second kappa shape index (κ2) is 8.88. The molecule has 5 rings (SSSR count). The highest BCUT2D eigenvalue weighted by Gasteiger charge is 2.34. The molecule has 0 aliphatic carbocycles. The van der Waals surface area contributed by atoms with Crippen LogP contribution in [0.2, 0.25) is 5.02 Å². The molecule has 0 bridgehead atoms. The fourth-order valence-electron chi connectivity index (χ4n) is 4.47. The SMILES string of the molecule is C#Cc1cccc(-c2cc(=O)n(C)c3ccc([C@](O)(c4ccc(Cl)cc4)c4cccnc4)cc23)c1. The first-order valence-electron chi connectivity index (χ1n) is 11.0.